The molecule has 0 atom stereocenters. The van der Waals surface area contributed by atoms with Crippen LogP contribution >= 0.6 is 12.0 Å². The number of fused-ring (bicyclic) bond motifs is 1. The molecule has 1 radical (unpaired) electrons. The molecule has 1 aromatic rings. The SMILES string of the molecule is [c]1cccc2c1SOC2. The van der Waals surface area contributed by atoms with Crippen molar-refractivity contribution in [3.63, 3.8) is 0 Å². The third kappa shape index (κ3) is 0.843. The number of hydrogen-bond donors (Lipinski definition) is 0. The Morgan fingerprint density at radius 3 is 3.56 bits per heavy atom. The Kier molecular flexibility index (Phi) is 1.21. The Balaban J connectivity index is 2.54. The highest BCUT2D eigenvalue weighted by molar-refractivity contribution is 7.95. The van der Waals surface area contributed by atoms with Gasteiger partial charge in [-0.05, 0) is 11.6 Å². The van der Waals surface area contributed by atoms with E-state index in [4.69, 9.17) is 4.18 Å². The molecule has 0 bridgehead atoms. The molecular weight excluding hydrogens is 132 g/mol. The highest BCUT2D eigenvalue weighted by Gasteiger charge is 2.09. The molecule has 9 heavy (non-hydrogen) atoms. The lowest BCUT2D eigenvalue weighted by Gasteiger charge is -1.87. The molecule has 0 saturated carbocycles. The van der Waals surface area contributed by atoms with Crippen molar-refractivity contribution in [2.45, 2.75) is 11.5 Å². The maximum absolute atomic E-state index is 5.10. The summed E-state index contributed by atoms with van der Waals surface area (Å²) in [5.41, 5.74) is 1.25. The van der Waals surface area contributed by atoms with Gasteiger partial charge in [0.1, 0.15) is 0 Å². The van der Waals surface area contributed by atoms with Gasteiger partial charge in [0.05, 0.1) is 6.61 Å². The second kappa shape index (κ2) is 2.05. The minimum Gasteiger partial charge on any atom is -0.305 e. The third-order valence-electron chi connectivity index (χ3n) is 1.26. The molecule has 1 aliphatic rings. The molecule has 2 heteroatoms. The van der Waals surface area contributed by atoms with Gasteiger partial charge in [-0.3, -0.25) is 0 Å². The topological polar surface area (TPSA) is 9.23 Å². The molecule has 45 valence electrons. The Bertz CT molecular complexity index is 199. The van der Waals surface area contributed by atoms with Gasteiger partial charge in [-0.25, -0.2) is 0 Å². The first kappa shape index (κ1) is 5.33. The zero-order valence-corrected chi connectivity index (χ0v) is 5.57. The molecule has 2 rings (SSSR count). The first-order chi connectivity index (χ1) is 4.47. The van der Waals surface area contributed by atoms with E-state index in [0.717, 1.165) is 11.5 Å². The summed E-state index contributed by atoms with van der Waals surface area (Å²) in [7, 11) is 0. The average molecular weight is 137 g/mol. The van der Waals surface area contributed by atoms with Crippen molar-refractivity contribution in [2.75, 3.05) is 0 Å². The summed E-state index contributed by atoms with van der Waals surface area (Å²) in [4.78, 5) is 1.14. The van der Waals surface area contributed by atoms with E-state index in [1.165, 1.54) is 17.6 Å². The molecule has 0 amide bonds. The molecule has 0 unspecified atom stereocenters. The highest BCUT2D eigenvalue weighted by atomic mass is 32.2. The summed E-state index contributed by atoms with van der Waals surface area (Å²) < 4.78 is 5.10. The molecular formula is C7H5OS. The van der Waals surface area contributed by atoms with E-state index < -0.39 is 0 Å². The zero-order chi connectivity index (χ0) is 6.10. The van der Waals surface area contributed by atoms with E-state index in [1.807, 2.05) is 12.1 Å². The lowest BCUT2D eigenvalue weighted by Crippen LogP contribution is -1.75. The average Bonchev–Trinajstić information content (AvgIpc) is 2.33. The molecule has 0 fully saturated rings. The van der Waals surface area contributed by atoms with Gasteiger partial charge in [0, 0.05) is 16.9 Å². The summed E-state index contributed by atoms with van der Waals surface area (Å²) in [5, 5.41) is 0. The van der Waals surface area contributed by atoms with E-state index in [9.17, 15) is 0 Å². The van der Waals surface area contributed by atoms with Gasteiger partial charge < -0.3 is 4.18 Å². The minimum atomic E-state index is 0.733. The van der Waals surface area contributed by atoms with E-state index in [0.29, 0.717) is 0 Å². The first-order valence-electron chi connectivity index (χ1n) is 2.76. The van der Waals surface area contributed by atoms with Crippen molar-refractivity contribution in [3.8, 4) is 0 Å². The number of benzene rings is 1. The fourth-order valence-electron chi connectivity index (χ4n) is 0.800. The largest absolute Gasteiger partial charge is 0.305 e. The smallest absolute Gasteiger partial charge is 0.0881 e. The lowest BCUT2D eigenvalue weighted by molar-refractivity contribution is 0.379. The minimum absolute atomic E-state index is 0.733. The molecule has 0 aromatic heterocycles. The van der Waals surface area contributed by atoms with Crippen LogP contribution in [0, 0.1) is 6.07 Å². The van der Waals surface area contributed by atoms with Crippen LogP contribution in [0.1, 0.15) is 5.56 Å². The number of hydrogen-bond acceptors (Lipinski definition) is 2. The normalized spacial score (nSPS) is 15.6. The highest BCUT2D eigenvalue weighted by Crippen LogP contribution is 2.31. The summed E-state index contributed by atoms with van der Waals surface area (Å²) in [6, 6.07) is 9.03. The van der Waals surface area contributed by atoms with Gasteiger partial charge in [0.15, 0.2) is 0 Å². The molecule has 0 spiro atoms. The van der Waals surface area contributed by atoms with Gasteiger partial charge in [-0.15, -0.1) is 0 Å². The van der Waals surface area contributed by atoms with Crippen LogP contribution in [0.3, 0.4) is 0 Å². The van der Waals surface area contributed by atoms with Crippen molar-refractivity contribution < 1.29 is 4.18 Å². The Morgan fingerprint density at radius 2 is 2.67 bits per heavy atom. The summed E-state index contributed by atoms with van der Waals surface area (Å²) in [6.07, 6.45) is 0. The summed E-state index contributed by atoms with van der Waals surface area (Å²) >= 11 is 1.41. The second-order valence-corrected chi connectivity index (χ2v) is 2.68. The summed E-state index contributed by atoms with van der Waals surface area (Å²) in [5.74, 6) is 0. The molecule has 0 aliphatic carbocycles. The zero-order valence-electron chi connectivity index (χ0n) is 4.76. The standard InChI is InChI=1S/C7H5OS/c1-2-4-7-6(3-1)5-8-9-7/h1-3H,5H2. The summed E-state index contributed by atoms with van der Waals surface area (Å²) in [6.45, 7) is 0.733. The third-order valence-corrected chi connectivity index (χ3v) is 2.04. The van der Waals surface area contributed by atoms with Crippen LogP contribution in [0.2, 0.25) is 0 Å². The van der Waals surface area contributed by atoms with Crippen LogP contribution in [0.5, 0.6) is 0 Å². The van der Waals surface area contributed by atoms with E-state index in [-0.39, 0.29) is 0 Å². The molecule has 0 N–H and O–H groups in total. The molecule has 0 saturated heterocycles. The van der Waals surface area contributed by atoms with E-state index in [1.54, 1.807) is 0 Å². The maximum atomic E-state index is 5.10. The van der Waals surface area contributed by atoms with Crippen molar-refractivity contribution in [1.82, 2.24) is 0 Å². The van der Waals surface area contributed by atoms with Crippen LogP contribution in [0.25, 0.3) is 0 Å². The first-order valence-corrected chi connectivity index (χ1v) is 3.50. The van der Waals surface area contributed by atoms with Crippen molar-refractivity contribution in [2.24, 2.45) is 0 Å². The van der Waals surface area contributed by atoms with Crippen molar-refractivity contribution in [1.29, 1.82) is 0 Å². The fraction of sp³-hybridized carbons (Fsp3) is 0.143. The van der Waals surface area contributed by atoms with Gasteiger partial charge in [0.2, 0.25) is 0 Å². The molecule has 1 aliphatic heterocycles. The van der Waals surface area contributed by atoms with E-state index >= 15 is 0 Å². The van der Waals surface area contributed by atoms with Gasteiger partial charge in [-0.2, -0.15) is 0 Å². The lowest BCUT2D eigenvalue weighted by atomic mass is 10.2. The molecule has 1 nitrogen and oxygen atoms in total. The van der Waals surface area contributed by atoms with Crippen LogP contribution in [0.4, 0.5) is 0 Å². The monoisotopic (exact) mass is 137 g/mol. The Labute approximate surface area is 58.2 Å². The fourth-order valence-corrected chi connectivity index (χ4v) is 1.45. The van der Waals surface area contributed by atoms with Crippen LogP contribution in [-0.2, 0) is 10.8 Å². The Hall–Kier alpha value is -0.470. The van der Waals surface area contributed by atoms with E-state index in [2.05, 4.69) is 12.1 Å². The van der Waals surface area contributed by atoms with Gasteiger partial charge in [0.25, 0.3) is 0 Å². The Morgan fingerprint density at radius 1 is 1.67 bits per heavy atom. The van der Waals surface area contributed by atoms with Crippen LogP contribution in [0.15, 0.2) is 23.1 Å². The van der Waals surface area contributed by atoms with Crippen LogP contribution in [-0.4, -0.2) is 0 Å². The maximum Gasteiger partial charge on any atom is 0.0881 e. The molecule has 1 heterocycles. The predicted octanol–water partition coefficient (Wildman–Crippen LogP) is 2.02. The second-order valence-electron chi connectivity index (χ2n) is 1.87. The van der Waals surface area contributed by atoms with Gasteiger partial charge in [-0.1, -0.05) is 18.2 Å². The quantitative estimate of drug-likeness (QED) is 0.506. The molecule has 1 aromatic carbocycles. The number of rotatable bonds is 0. The van der Waals surface area contributed by atoms with Crippen molar-refractivity contribution >= 4 is 12.0 Å². The van der Waals surface area contributed by atoms with Crippen LogP contribution < -0.4 is 0 Å². The van der Waals surface area contributed by atoms with Crippen molar-refractivity contribution in [3.05, 3.63) is 29.8 Å². The van der Waals surface area contributed by atoms with Gasteiger partial charge >= 0.3 is 0 Å². The predicted molar refractivity (Wildman–Crippen MR) is 35.9 cm³/mol.